The fourth-order valence-corrected chi connectivity index (χ4v) is 3.87. The molecule has 1 fully saturated rings. The van der Waals surface area contributed by atoms with Gasteiger partial charge in [-0.05, 0) is 18.6 Å². The van der Waals surface area contributed by atoms with Crippen molar-refractivity contribution >= 4 is 15.7 Å². The molecule has 18 heavy (non-hydrogen) atoms. The van der Waals surface area contributed by atoms with E-state index in [1.165, 1.54) is 17.0 Å². The number of nitrogens with zero attached hydrogens (tertiary/aromatic N) is 1. The lowest BCUT2D eigenvalue weighted by molar-refractivity contribution is 0.0744. The summed E-state index contributed by atoms with van der Waals surface area (Å²) in [6.07, 6.45) is 0.457. The molecule has 0 unspecified atom stereocenters. The summed E-state index contributed by atoms with van der Waals surface area (Å²) in [7, 11) is -1.45. The van der Waals surface area contributed by atoms with Crippen molar-refractivity contribution in [2.45, 2.75) is 12.5 Å². The topological polar surface area (TPSA) is 74.7 Å². The number of benzene rings is 1. The van der Waals surface area contributed by atoms with Crippen LogP contribution in [0.5, 0.6) is 5.75 Å². The highest BCUT2D eigenvalue weighted by Gasteiger charge is 2.33. The number of hydrogen-bond donors (Lipinski definition) is 1. The second-order valence-electron chi connectivity index (χ2n) is 4.49. The summed E-state index contributed by atoms with van der Waals surface area (Å²) < 4.78 is 22.8. The van der Waals surface area contributed by atoms with Crippen LogP contribution in [0.2, 0.25) is 0 Å². The number of aromatic hydroxyl groups is 1. The molecule has 98 valence electrons. The van der Waals surface area contributed by atoms with Crippen LogP contribution in [0.3, 0.4) is 0 Å². The Morgan fingerprint density at radius 2 is 2.06 bits per heavy atom. The lowest BCUT2D eigenvalue weighted by Crippen LogP contribution is -2.37. The summed E-state index contributed by atoms with van der Waals surface area (Å²) in [5.74, 6) is -0.316. The number of carbonyl (C=O) groups is 1. The molecule has 1 aliphatic heterocycles. The van der Waals surface area contributed by atoms with E-state index < -0.39 is 9.84 Å². The van der Waals surface area contributed by atoms with Gasteiger partial charge in [-0.3, -0.25) is 4.79 Å². The Bertz CT molecular complexity index is 567. The number of para-hydroxylation sites is 1. The van der Waals surface area contributed by atoms with Crippen molar-refractivity contribution in [2.75, 3.05) is 18.6 Å². The first kappa shape index (κ1) is 12.9. The highest BCUT2D eigenvalue weighted by atomic mass is 32.2. The molecule has 1 N–H and O–H groups in total. The van der Waals surface area contributed by atoms with E-state index in [9.17, 15) is 18.3 Å². The molecule has 0 radical (unpaired) electrons. The molecule has 1 aromatic carbocycles. The first-order chi connectivity index (χ1) is 8.41. The average Bonchev–Trinajstić information content (AvgIpc) is 2.68. The normalized spacial score (nSPS) is 21.7. The Morgan fingerprint density at radius 3 is 2.61 bits per heavy atom. The summed E-state index contributed by atoms with van der Waals surface area (Å²) in [6, 6.07) is 5.95. The van der Waals surface area contributed by atoms with Gasteiger partial charge >= 0.3 is 0 Å². The molecule has 0 saturated carbocycles. The maximum atomic E-state index is 12.1. The molecule has 1 aliphatic rings. The van der Waals surface area contributed by atoms with Gasteiger partial charge in [0.2, 0.25) is 0 Å². The fourth-order valence-electron chi connectivity index (χ4n) is 2.09. The van der Waals surface area contributed by atoms with Crippen molar-refractivity contribution in [1.29, 1.82) is 0 Å². The number of amides is 1. The quantitative estimate of drug-likeness (QED) is 0.855. The first-order valence-corrected chi connectivity index (χ1v) is 7.48. The molecule has 1 heterocycles. The number of sulfone groups is 1. The van der Waals surface area contributed by atoms with E-state index in [1.807, 2.05) is 0 Å². The van der Waals surface area contributed by atoms with Crippen molar-refractivity contribution in [3.8, 4) is 5.75 Å². The van der Waals surface area contributed by atoms with Crippen molar-refractivity contribution in [1.82, 2.24) is 4.90 Å². The number of rotatable bonds is 2. The van der Waals surface area contributed by atoms with Gasteiger partial charge < -0.3 is 10.0 Å². The molecular formula is C12H15NO4S. The van der Waals surface area contributed by atoms with Crippen molar-refractivity contribution < 1.29 is 18.3 Å². The molecule has 1 saturated heterocycles. The molecular weight excluding hydrogens is 254 g/mol. The summed E-state index contributed by atoms with van der Waals surface area (Å²) >= 11 is 0. The van der Waals surface area contributed by atoms with E-state index in [4.69, 9.17) is 0 Å². The lowest BCUT2D eigenvalue weighted by Gasteiger charge is -2.23. The third kappa shape index (κ3) is 2.48. The largest absolute Gasteiger partial charge is 0.507 e. The van der Waals surface area contributed by atoms with Crippen LogP contribution in [0.1, 0.15) is 16.8 Å². The third-order valence-corrected chi connectivity index (χ3v) is 4.96. The Hall–Kier alpha value is -1.56. The van der Waals surface area contributed by atoms with E-state index in [2.05, 4.69) is 0 Å². The third-order valence-electron chi connectivity index (χ3n) is 3.21. The smallest absolute Gasteiger partial charge is 0.257 e. The summed E-state index contributed by atoms with van der Waals surface area (Å²) in [4.78, 5) is 13.5. The maximum Gasteiger partial charge on any atom is 0.257 e. The van der Waals surface area contributed by atoms with Crippen molar-refractivity contribution in [3.63, 3.8) is 0 Å². The fraction of sp³-hybridized carbons (Fsp3) is 0.417. The summed E-state index contributed by atoms with van der Waals surface area (Å²) in [5.41, 5.74) is 0.198. The van der Waals surface area contributed by atoms with Gasteiger partial charge in [-0.2, -0.15) is 0 Å². The van der Waals surface area contributed by atoms with Gasteiger partial charge in [0, 0.05) is 13.1 Å². The van der Waals surface area contributed by atoms with Crippen LogP contribution < -0.4 is 0 Å². The Labute approximate surface area is 106 Å². The Balaban J connectivity index is 2.18. The number of hydrogen-bond acceptors (Lipinski definition) is 4. The SMILES string of the molecule is CN(C(=O)c1ccccc1O)[C@@H]1CCS(=O)(=O)C1. The van der Waals surface area contributed by atoms with Crippen LogP contribution in [-0.4, -0.2) is 48.9 Å². The van der Waals surface area contributed by atoms with Gasteiger partial charge in [-0.1, -0.05) is 12.1 Å². The number of carbonyl (C=O) groups excluding carboxylic acids is 1. The van der Waals surface area contributed by atoms with E-state index in [0.29, 0.717) is 6.42 Å². The summed E-state index contributed by atoms with van der Waals surface area (Å²) in [6.45, 7) is 0. The van der Waals surface area contributed by atoms with Crippen LogP contribution >= 0.6 is 0 Å². The first-order valence-electron chi connectivity index (χ1n) is 5.66. The van der Waals surface area contributed by atoms with Crippen LogP contribution in [-0.2, 0) is 9.84 Å². The number of phenolic OH excluding ortho intramolecular Hbond substituents is 1. The minimum Gasteiger partial charge on any atom is -0.507 e. The zero-order valence-electron chi connectivity index (χ0n) is 10.0. The lowest BCUT2D eigenvalue weighted by atomic mass is 10.1. The number of phenols is 1. The van der Waals surface area contributed by atoms with Crippen LogP contribution in [0.25, 0.3) is 0 Å². The van der Waals surface area contributed by atoms with E-state index in [1.54, 1.807) is 19.2 Å². The molecule has 2 rings (SSSR count). The summed E-state index contributed by atoms with van der Waals surface area (Å²) in [5, 5.41) is 9.61. The maximum absolute atomic E-state index is 12.1. The van der Waals surface area contributed by atoms with Gasteiger partial charge in [0.05, 0.1) is 17.1 Å². The molecule has 1 atom stereocenters. The van der Waals surface area contributed by atoms with Crippen molar-refractivity contribution in [2.24, 2.45) is 0 Å². The predicted octanol–water partition coefficient (Wildman–Crippen LogP) is 0.651. The Morgan fingerprint density at radius 1 is 1.39 bits per heavy atom. The van der Waals surface area contributed by atoms with Gasteiger partial charge in [-0.25, -0.2) is 8.42 Å². The highest BCUT2D eigenvalue weighted by molar-refractivity contribution is 7.91. The molecule has 0 aliphatic carbocycles. The van der Waals surface area contributed by atoms with E-state index >= 15 is 0 Å². The monoisotopic (exact) mass is 269 g/mol. The molecule has 0 aromatic heterocycles. The molecule has 1 aromatic rings. The van der Waals surface area contributed by atoms with Crippen LogP contribution in [0.4, 0.5) is 0 Å². The predicted molar refractivity (Wildman–Crippen MR) is 67.3 cm³/mol. The van der Waals surface area contributed by atoms with Gasteiger partial charge in [-0.15, -0.1) is 0 Å². The zero-order chi connectivity index (χ0) is 13.3. The Kier molecular flexibility index (Phi) is 3.30. The molecule has 0 bridgehead atoms. The van der Waals surface area contributed by atoms with Crippen molar-refractivity contribution in [3.05, 3.63) is 29.8 Å². The molecule has 1 amide bonds. The average molecular weight is 269 g/mol. The van der Waals surface area contributed by atoms with Crippen LogP contribution in [0.15, 0.2) is 24.3 Å². The van der Waals surface area contributed by atoms with E-state index in [-0.39, 0.29) is 34.8 Å². The van der Waals surface area contributed by atoms with Gasteiger partial charge in [0.25, 0.3) is 5.91 Å². The molecule has 6 heteroatoms. The second-order valence-corrected chi connectivity index (χ2v) is 6.72. The van der Waals surface area contributed by atoms with Gasteiger partial charge in [0.15, 0.2) is 9.84 Å². The van der Waals surface area contributed by atoms with Crippen LogP contribution in [0, 0.1) is 0 Å². The zero-order valence-corrected chi connectivity index (χ0v) is 10.9. The second kappa shape index (κ2) is 4.61. The minimum atomic E-state index is -3.02. The van der Waals surface area contributed by atoms with Gasteiger partial charge in [0.1, 0.15) is 5.75 Å². The molecule has 0 spiro atoms. The standard InChI is InChI=1S/C12H15NO4S/c1-13(9-6-7-18(16,17)8-9)12(15)10-4-2-3-5-11(10)14/h2-5,9,14H,6-8H2,1H3/t9-/m1/s1. The molecule has 5 nitrogen and oxygen atoms in total. The van der Waals surface area contributed by atoms with E-state index in [0.717, 1.165) is 0 Å². The minimum absolute atomic E-state index is 0.00281. The highest BCUT2D eigenvalue weighted by Crippen LogP contribution is 2.22.